The molecule has 0 aliphatic heterocycles. The maximum Gasteiger partial charge on any atom is 0.205 e. The van der Waals surface area contributed by atoms with Crippen molar-refractivity contribution in [3.05, 3.63) is 5.01 Å². The average molecular weight is 231 g/mol. The summed E-state index contributed by atoms with van der Waals surface area (Å²) in [5.74, 6) is 0.984. The molecule has 3 nitrogen and oxygen atoms in total. The van der Waals surface area contributed by atoms with Crippen molar-refractivity contribution in [1.29, 1.82) is 0 Å². The van der Waals surface area contributed by atoms with E-state index >= 15 is 0 Å². The van der Waals surface area contributed by atoms with Crippen molar-refractivity contribution < 1.29 is 0 Å². The summed E-state index contributed by atoms with van der Waals surface area (Å²) in [7, 11) is 0. The second-order valence-electron chi connectivity index (χ2n) is 3.06. The Morgan fingerprint density at radius 3 is 2.86 bits per heavy atom. The number of hydrogen-bond donors (Lipinski definition) is 1. The summed E-state index contributed by atoms with van der Waals surface area (Å²) >= 11 is 3.60. The Morgan fingerprint density at radius 1 is 1.43 bits per heavy atom. The zero-order chi connectivity index (χ0) is 10.4. The van der Waals surface area contributed by atoms with Crippen LogP contribution in [0.3, 0.4) is 0 Å². The molecule has 5 heteroatoms. The van der Waals surface area contributed by atoms with E-state index in [1.165, 1.54) is 6.42 Å². The van der Waals surface area contributed by atoms with Gasteiger partial charge >= 0.3 is 0 Å². The number of rotatable bonds is 6. The highest BCUT2D eigenvalue weighted by Gasteiger charge is 2.05. The highest BCUT2D eigenvalue weighted by atomic mass is 32.2. The summed E-state index contributed by atoms with van der Waals surface area (Å²) in [4.78, 5) is 0. The molecule has 1 unspecified atom stereocenters. The van der Waals surface area contributed by atoms with E-state index in [1.807, 2.05) is 11.8 Å². The lowest BCUT2D eigenvalue weighted by Crippen LogP contribution is -1.94. The molecule has 1 heterocycles. The van der Waals surface area contributed by atoms with Crippen molar-refractivity contribution in [3.8, 4) is 0 Å². The fraction of sp³-hybridized carbons (Fsp3) is 0.778. The van der Waals surface area contributed by atoms with Crippen LogP contribution in [0, 0.1) is 0 Å². The van der Waals surface area contributed by atoms with Gasteiger partial charge in [-0.05, 0) is 13.3 Å². The van der Waals surface area contributed by atoms with Gasteiger partial charge in [-0.3, -0.25) is 0 Å². The lowest BCUT2D eigenvalue weighted by atomic mass is 10.4. The number of thioether (sulfide) groups is 1. The Kier molecular flexibility index (Phi) is 5.25. The van der Waals surface area contributed by atoms with Gasteiger partial charge in [0.25, 0.3) is 0 Å². The van der Waals surface area contributed by atoms with Crippen LogP contribution in [0.1, 0.15) is 32.2 Å². The van der Waals surface area contributed by atoms with E-state index in [9.17, 15) is 0 Å². The van der Waals surface area contributed by atoms with Gasteiger partial charge in [-0.25, -0.2) is 0 Å². The molecule has 1 aromatic heterocycles. The zero-order valence-corrected chi connectivity index (χ0v) is 10.5. The lowest BCUT2D eigenvalue weighted by Gasteiger charge is -2.04. The minimum atomic E-state index is 0.710. The van der Waals surface area contributed by atoms with Crippen LogP contribution < -0.4 is 5.32 Å². The van der Waals surface area contributed by atoms with E-state index < -0.39 is 0 Å². The van der Waals surface area contributed by atoms with Crippen molar-refractivity contribution in [2.24, 2.45) is 0 Å². The maximum atomic E-state index is 4.13. The summed E-state index contributed by atoms with van der Waals surface area (Å²) in [5, 5.41) is 14.1. The molecule has 1 rings (SSSR count). The second kappa shape index (κ2) is 6.24. The first-order chi connectivity index (χ1) is 6.76. The van der Waals surface area contributed by atoms with Gasteiger partial charge in [0, 0.05) is 17.5 Å². The van der Waals surface area contributed by atoms with Gasteiger partial charge in [-0.2, -0.15) is 11.8 Å². The fourth-order valence-electron chi connectivity index (χ4n) is 0.866. The maximum absolute atomic E-state index is 4.13. The second-order valence-corrected chi connectivity index (χ2v) is 5.55. The summed E-state index contributed by atoms with van der Waals surface area (Å²) < 4.78 is 0. The van der Waals surface area contributed by atoms with E-state index in [0.717, 1.165) is 22.4 Å². The van der Waals surface area contributed by atoms with Crippen LogP contribution in [0.2, 0.25) is 0 Å². The number of aromatic nitrogens is 2. The van der Waals surface area contributed by atoms with Crippen molar-refractivity contribution in [2.45, 2.75) is 38.2 Å². The zero-order valence-electron chi connectivity index (χ0n) is 8.91. The van der Waals surface area contributed by atoms with E-state index in [0.29, 0.717) is 5.25 Å². The third-order valence-corrected chi connectivity index (χ3v) is 4.27. The van der Waals surface area contributed by atoms with Crippen molar-refractivity contribution in [1.82, 2.24) is 10.2 Å². The fourth-order valence-corrected chi connectivity index (χ4v) is 2.63. The van der Waals surface area contributed by atoms with Gasteiger partial charge in [-0.1, -0.05) is 25.2 Å². The van der Waals surface area contributed by atoms with Crippen molar-refractivity contribution in [3.63, 3.8) is 0 Å². The SMILES string of the molecule is CCNc1nnc(CSC(C)CC)s1. The largest absolute Gasteiger partial charge is 0.360 e. The van der Waals surface area contributed by atoms with Gasteiger partial charge in [-0.15, -0.1) is 10.2 Å². The number of nitrogens with zero attached hydrogens (tertiary/aromatic N) is 2. The molecule has 80 valence electrons. The van der Waals surface area contributed by atoms with Crippen LogP contribution in [-0.4, -0.2) is 22.0 Å². The third kappa shape index (κ3) is 3.84. The van der Waals surface area contributed by atoms with Crippen molar-refractivity contribution in [2.75, 3.05) is 11.9 Å². The highest BCUT2D eigenvalue weighted by Crippen LogP contribution is 2.23. The minimum Gasteiger partial charge on any atom is -0.360 e. The molecule has 0 bridgehead atoms. The summed E-state index contributed by atoms with van der Waals surface area (Å²) in [6, 6.07) is 0. The van der Waals surface area contributed by atoms with Crippen LogP contribution in [0.25, 0.3) is 0 Å². The van der Waals surface area contributed by atoms with E-state index in [-0.39, 0.29) is 0 Å². The molecule has 0 amide bonds. The first-order valence-corrected chi connectivity index (χ1v) is 6.80. The minimum absolute atomic E-state index is 0.710. The molecule has 0 aliphatic rings. The molecule has 0 spiro atoms. The third-order valence-electron chi connectivity index (χ3n) is 1.86. The van der Waals surface area contributed by atoms with Gasteiger partial charge < -0.3 is 5.32 Å². The Balaban J connectivity index is 2.35. The summed E-state index contributed by atoms with van der Waals surface area (Å²) in [6.07, 6.45) is 1.21. The van der Waals surface area contributed by atoms with Gasteiger partial charge in [0.15, 0.2) is 0 Å². The molecule has 0 saturated heterocycles. The van der Waals surface area contributed by atoms with E-state index in [1.54, 1.807) is 11.3 Å². The molecule has 0 radical (unpaired) electrons. The first-order valence-electron chi connectivity index (χ1n) is 4.94. The molecule has 1 atom stereocenters. The van der Waals surface area contributed by atoms with E-state index in [2.05, 4.69) is 36.3 Å². The number of hydrogen-bond acceptors (Lipinski definition) is 5. The normalized spacial score (nSPS) is 12.8. The van der Waals surface area contributed by atoms with Crippen molar-refractivity contribution >= 4 is 28.2 Å². The molecule has 14 heavy (non-hydrogen) atoms. The summed E-state index contributed by atoms with van der Waals surface area (Å²) in [5.41, 5.74) is 0. The molecule has 1 N–H and O–H groups in total. The Morgan fingerprint density at radius 2 is 2.21 bits per heavy atom. The monoisotopic (exact) mass is 231 g/mol. The molecular weight excluding hydrogens is 214 g/mol. The van der Waals surface area contributed by atoms with Gasteiger partial charge in [0.2, 0.25) is 5.13 Å². The van der Waals surface area contributed by atoms with Crippen LogP contribution in [0.15, 0.2) is 0 Å². The first kappa shape index (κ1) is 11.8. The molecular formula is C9H17N3S2. The summed E-state index contributed by atoms with van der Waals surface area (Å²) in [6.45, 7) is 7.43. The van der Waals surface area contributed by atoms with Crippen LogP contribution in [0.5, 0.6) is 0 Å². The van der Waals surface area contributed by atoms with Gasteiger partial charge in [0.1, 0.15) is 5.01 Å². The quantitative estimate of drug-likeness (QED) is 0.816. The number of nitrogens with one attached hydrogen (secondary N) is 1. The smallest absolute Gasteiger partial charge is 0.205 e. The van der Waals surface area contributed by atoms with Crippen LogP contribution >= 0.6 is 23.1 Å². The van der Waals surface area contributed by atoms with Crippen LogP contribution in [-0.2, 0) is 5.75 Å². The highest BCUT2D eigenvalue weighted by molar-refractivity contribution is 7.99. The standard InChI is InChI=1S/C9H17N3S2/c1-4-7(3)13-6-8-11-12-9(14-8)10-5-2/h7H,4-6H2,1-3H3,(H,10,12). The lowest BCUT2D eigenvalue weighted by molar-refractivity contribution is 0.903. The topological polar surface area (TPSA) is 37.8 Å². The molecule has 0 saturated carbocycles. The Labute approximate surface area is 93.7 Å². The Hall–Kier alpha value is -0.290. The Bertz CT molecular complexity index is 262. The molecule has 0 fully saturated rings. The number of anilines is 1. The van der Waals surface area contributed by atoms with E-state index in [4.69, 9.17) is 0 Å². The molecule has 1 aromatic rings. The predicted octanol–water partition coefficient (Wildman–Crippen LogP) is 3.00. The van der Waals surface area contributed by atoms with Gasteiger partial charge in [0.05, 0.1) is 0 Å². The van der Waals surface area contributed by atoms with Crippen LogP contribution in [0.4, 0.5) is 5.13 Å². The average Bonchev–Trinajstić information content (AvgIpc) is 2.63. The molecule has 0 aliphatic carbocycles. The predicted molar refractivity (Wildman–Crippen MR) is 65.1 cm³/mol. The molecule has 0 aromatic carbocycles.